The van der Waals surface area contributed by atoms with E-state index >= 15 is 0 Å². The minimum atomic E-state index is -3.19. The largest absolute Gasteiger partial charge is 0.340 e. The minimum Gasteiger partial charge on any atom is -0.340 e. The molecule has 2 heterocycles. The Morgan fingerprint density at radius 3 is 2.46 bits per heavy atom. The standard InChI is InChI=1S/C17H22N4O4S/c1-26(24,25)21-11-9-20(10-12-21)16(22)8-4-7-15-13-5-2-3-6-14(13)17(23)19-18-15/h2-3,5-6H,4,7-12H2,1H3,(H,19,23). The van der Waals surface area contributed by atoms with Gasteiger partial charge in [-0.05, 0) is 18.9 Å². The Morgan fingerprint density at radius 2 is 1.81 bits per heavy atom. The average molecular weight is 378 g/mol. The summed E-state index contributed by atoms with van der Waals surface area (Å²) < 4.78 is 24.4. The van der Waals surface area contributed by atoms with E-state index in [4.69, 9.17) is 0 Å². The number of amides is 1. The van der Waals surface area contributed by atoms with Crippen LogP contribution in [0.15, 0.2) is 29.1 Å². The number of carbonyl (C=O) groups is 1. The Labute approximate surface area is 151 Å². The fourth-order valence-electron chi connectivity index (χ4n) is 3.20. The van der Waals surface area contributed by atoms with E-state index in [2.05, 4.69) is 10.2 Å². The third kappa shape index (κ3) is 4.10. The number of aryl methyl sites for hydroxylation is 1. The molecule has 1 saturated heterocycles. The summed E-state index contributed by atoms with van der Waals surface area (Å²) in [6.07, 6.45) is 2.76. The van der Waals surface area contributed by atoms with Gasteiger partial charge in [-0.1, -0.05) is 18.2 Å². The molecular weight excluding hydrogens is 356 g/mol. The van der Waals surface area contributed by atoms with Gasteiger partial charge in [-0.15, -0.1) is 0 Å². The maximum Gasteiger partial charge on any atom is 0.272 e. The molecule has 3 rings (SSSR count). The van der Waals surface area contributed by atoms with Crippen molar-refractivity contribution in [2.75, 3.05) is 32.4 Å². The lowest BCUT2D eigenvalue weighted by Gasteiger charge is -2.33. The number of rotatable bonds is 5. The van der Waals surface area contributed by atoms with Crippen molar-refractivity contribution in [3.05, 3.63) is 40.3 Å². The number of sulfonamides is 1. The Bertz CT molecular complexity index is 962. The van der Waals surface area contributed by atoms with Crippen molar-refractivity contribution in [1.82, 2.24) is 19.4 Å². The summed E-state index contributed by atoms with van der Waals surface area (Å²) in [6, 6.07) is 7.28. The average Bonchev–Trinajstić information content (AvgIpc) is 2.63. The normalized spacial score (nSPS) is 16.1. The van der Waals surface area contributed by atoms with Crippen LogP contribution in [0.5, 0.6) is 0 Å². The number of nitrogens with one attached hydrogen (secondary N) is 1. The fourth-order valence-corrected chi connectivity index (χ4v) is 4.02. The molecule has 2 aromatic rings. The molecule has 0 bridgehead atoms. The molecule has 0 saturated carbocycles. The number of fused-ring (bicyclic) bond motifs is 1. The Balaban J connectivity index is 1.55. The van der Waals surface area contributed by atoms with Crippen LogP contribution in [0.25, 0.3) is 10.8 Å². The number of benzene rings is 1. The van der Waals surface area contributed by atoms with Crippen LogP contribution < -0.4 is 5.56 Å². The molecule has 1 aromatic carbocycles. The number of aromatic nitrogens is 2. The summed E-state index contributed by atoms with van der Waals surface area (Å²) >= 11 is 0. The minimum absolute atomic E-state index is 0.0203. The van der Waals surface area contributed by atoms with Gasteiger partial charge in [-0.2, -0.15) is 9.40 Å². The predicted octanol–water partition coefficient (Wildman–Crippen LogP) is 0.350. The van der Waals surface area contributed by atoms with E-state index in [1.165, 1.54) is 10.6 Å². The molecule has 0 radical (unpaired) electrons. The second-order valence-corrected chi connectivity index (χ2v) is 8.42. The Hall–Kier alpha value is -2.26. The highest BCUT2D eigenvalue weighted by atomic mass is 32.2. The van der Waals surface area contributed by atoms with Gasteiger partial charge in [0.1, 0.15) is 0 Å². The number of piperazine rings is 1. The van der Waals surface area contributed by atoms with E-state index in [0.717, 1.165) is 11.1 Å². The third-order valence-corrected chi connectivity index (χ3v) is 5.94. The monoisotopic (exact) mass is 378 g/mol. The van der Waals surface area contributed by atoms with E-state index in [1.54, 1.807) is 17.0 Å². The van der Waals surface area contributed by atoms with Crippen LogP contribution in [-0.4, -0.2) is 66.2 Å². The first-order valence-electron chi connectivity index (χ1n) is 8.55. The lowest BCUT2D eigenvalue weighted by Crippen LogP contribution is -2.50. The summed E-state index contributed by atoms with van der Waals surface area (Å²) in [5, 5.41) is 8.03. The van der Waals surface area contributed by atoms with Gasteiger partial charge >= 0.3 is 0 Å². The molecule has 9 heteroatoms. The molecule has 1 fully saturated rings. The zero-order chi connectivity index (χ0) is 18.7. The van der Waals surface area contributed by atoms with Crippen LogP contribution in [0.4, 0.5) is 0 Å². The van der Waals surface area contributed by atoms with Crippen molar-refractivity contribution in [2.45, 2.75) is 19.3 Å². The number of hydrogen-bond acceptors (Lipinski definition) is 5. The van der Waals surface area contributed by atoms with E-state index in [1.807, 2.05) is 12.1 Å². The first-order valence-corrected chi connectivity index (χ1v) is 10.4. The molecule has 1 aliphatic rings. The molecule has 1 N–H and O–H groups in total. The van der Waals surface area contributed by atoms with E-state index in [9.17, 15) is 18.0 Å². The Morgan fingerprint density at radius 1 is 1.15 bits per heavy atom. The van der Waals surface area contributed by atoms with Gasteiger partial charge in [0, 0.05) is 38.0 Å². The van der Waals surface area contributed by atoms with Crippen molar-refractivity contribution in [2.24, 2.45) is 0 Å². The molecule has 1 aromatic heterocycles. The van der Waals surface area contributed by atoms with Gasteiger partial charge in [0.2, 0.25) is 15.9 Å². The first kappa shape index (κ1) is 18.5. The highest BCUT2D eigenvalue weighted by Gasteiger charge is 2.25. The van der Waals surface area contributed by atoms with Crippen molar-refractivity contribution in [3.8, 4) is 0 Å². The molecule has 0 aliphatic carbocycles. The van der Waals surface area contributed by atoms with Gasteiger partial charge in [0.25, 0.3) is 5.56 Å². The summed E-state index contributed by atoms with van der Waals surface area (Å²) in [6.45, 7) is 1.53. The number of nitrogens with zero attached hydrogens (tertiary/aromatic N) is 3. The second kappa shape index (κ2) is 7.55. The molecule has 26 heavy (non-hydrogen) atoms. The van der Waals surface area contributed by atoms with Crippen LogP contribution in [0, 0.1) is 0 Å². The van der Waals surface area contributed by atoms with Gasteiger partial charge in [-0.25, -0.2) is 13.5 Å². The van der Waals surface area contributed by atoms with Crippen molar-refractivity contribution in [3.63, 3.8) is 0 Å². The number of aromatic amines is 1. The smallest absolute Gasteiger partial charge is 0.272 e. The zero-order valence-corrected chi connectivity index (χ0v) is 15.5. The van der Waals surface area contributed by atoms with E-state index in [-0.39, 0.29) is 11.5 Å². The first-order chi connectivity index (χ1) is 12.4. The molecule has 140 valence electrons. The van der Waals surface area contributed by atoms with Gasteiger partial charge in [-0.3, -0.25) is 9.59 Å². The number of H-pyrrole nitrogens is 1. The van der Waals surface area contributed by atoms with Crippen LogP contribution >= 0.6 is 0 Å². The quantitative estimate of drug-likeness (QED) is 0.809. The lowest BCUT2D eigenvalue weighted by molar-refractivity contribution is -0.132. The van der Waals surface area contributed by atoms with Gasteiger partial charge in [0.15, 0.2) is 0 Å². The lowest BCUT2D eigenvalue weighted by atomic mass is 10.1. The topological polar surface area (TPSA) is 103 Å². The molecule has 1 amide bonds. The third-order valence-electron chi connectivity index (χ3n) is 4.64. The van der Waals surface area contributed by atoms with E-state index in [0.29, 0.717) is 50.8 Å². The molecule has 0 spiro atoms. The summed E-state index contributed by atoms with van der Waals surface area (Å²) in [5.74, 6) is 0.0203. The van der Waals surface area contributed by atoms with Crippen LogP contribution in [0.1, 0.15) is 18.5 Å². The molecule has 1 aliphatic heterocycles. The maximum atomic E-state index is 12.3. The Kier molecular flexibility index (Phi) is 5.38. The SMILES string of the molecule is CS(=O)(=O)N1CCN(C(=O)CCCc2n[nH]c(=O)c3ccccc23)CC1. The van der Waals surface area contributed by atoms with Gasteiger partial charge < -0.3 is 4.90 Å². The number of hydrogen-bond donors (Lipinski definition) is 1. The predicted molar refractivity (Wildman–Crippen MR) is 98.3 cm³/mol. The maximum absolute atomic E-state index is 12.3. The number of carbonyl (C=O) groups excluding carboxylic acids is 1. The molecule has 8 nitrogen and oxygen atoms in total. The fraction of sp³-hybridized carbons (Fsp3) is 0.471. The summed E-state index contributed by atoms with van der Waals surface area (Å²) in [5.41, 5.74) is 0.555. The van der Waals surface area contributed by atoms with Crippen LogP contribution in [0.3, 0.4) is 0 Å². The molecule has 0 unspecified atom stereocenters. The molecule has 0 atom stereocenters. The second-order valence-electron chi connectivity index (χ2n) is 6.44. The van der Waals surface area contributed by atoms with Crippen molar-refractivity contribution < 1.29 is 13.2 Å². The summed E-state index contributed by atoms with van der Waals surface area (Å²) in [7, 11) is -3.19. The van der Waals surface area contributed by atoms with Crippen LogP contribution in [0.2, 0.25) is 0 Å². The highest BCUT2D eigenvalue weighted by molar-refractivity contribution is 7.88. The van der Waals surface area contributed by atoms with Crippen molar-refractivity contribution >= 4 is 26.7 Å². The highest BCUT2D eigenvalue weighted by Crippen LogP contribution is 2.15. The van der Waals surface area contributed by atoms with Crippen LogP contribution in [-0.2, 0) is 21.2 Å². The molecular formula is C17H22N4O4S. The van der Waals surface area contributed by atoms with Crippen molar-refractivity contribution in [1.29, 1.82) is 0 Å². The van der Waals surface area contributed by atoms with Gasteiger partial charge in [0.05, 0.1) is 17.3 Å². The van der Waals surface area contributed by atoms with E-state index < -0.39 is 10.0 Å². The zero-order valence-electron chi connectivity index (χ0n) is 14.6. The summed E-state index contributed by atoms with van der Waals surface area (Å²) in [4.78, 5) is 25.8.